The standard InChI is InChI=1S/C21H23N5O2/c1-3-26(4-2)11-12-28-14-9-10-17-18(13-14)24-20(23-17)19-21(27)25-16-8-6-5-7-15(16)22-19/h5-10,13H,3-4,11-12H2,1-2H3,(H,23,24)(H,25,27). The van der Waals surface area contributed by atoms with Gasteiger partial charge in [-0.25, -0.2) is 9.97 Å². The smallest absolute Gasteiger partial charge is 0.278 e. The Morgan fingerprint density at radius 2 is 1.75 bits per heavy atom. The van der Waals surface area contributed by atoms with Gasteiger partial charge in [-0.15, -0.1) is 0 Å². The van der Waals surface area contributed by atoms with E-state index in [1.807, 2.05) is 42.5 Å². The van der Waals surface area contributed by atoms with Crippen molar-refractivity contribution in [1.82, 2.24) is 24.8 Å². The summed E-state index contributed by atoms with van der Waals surface area (Å²) in [5.41, 5.74) is 3.01. The number of benzene rings is 2. The number of nitrogens with zero attached hydrogens (tertiary/aromatic N) is 3. The minimum absolute atomic E-state index is 0.270. The number of ether oxygens (including phenoxy) is 1. The SMILES string of the molecule is CCN(CC)CCOc1ccc2nc(-c3nc4ccccc4[nH]c3=O)[nH]c2c1. The van der Waals surface area contributed by atoms with Crippen LogP contribution in [0.25, 0.3) is 33.6 Å². The van der Waals surface area contributed by atoms with Crippen LogP contribution in [0.5, 0.6) is 5.75 Å². The van der Waals surface area contributed by atoms with E-state index in [-0.39, 0.29) is 11.3 Å². The van der Waals surface area contributed by atoms with Crippen LogP contribution in [0.4, 0.5) is 0 Å². The van der Waals surface area contributed by atoms with Gasteiger partial charge >= 0.3 is 0 Å². The fourth-order valence-corrected chi connectivity index (χ4v) is 3.21. The summed E-state index contributed by atoms with van der Waals surface area (Å²) in [6.45, 7) is 7.82. The minimum atomic E-state index is -0.270. The van der Waals surface area contributed by atoms with Crippen LogP contribution >= 0.6 is 0 Å². The largest absolute Gasteiger partial charge is 0.492 e. The summed E-state index contributed by atoms with van der Waals surface area (Å²) < 4.78 is 5.87. The Balaban J connectivity index is 1.60. The number of hydrogen-bond acceptors (Lipinski definition) is 5. The minimum Gasteiger partial charge on any atom is -0.492 e. The number of para-hydroxylation sites is 2. The molecule has 144 valence electrons. The highest BCUT2D eigenvalue weighted by molar-refractivity contribution is 5.81. The number of H-pyrrole nitrogens is 2. The quantitative estimate of drug-likeness (QED) is 0.516. The van der Waals surface area contributed by atoms with Gasteiger partial charge in [-0.2, -0.15) is 0 Å². The van der Waals surface area contributed by atoms with Gasteiger partial charge in [-0.05, 0) is 37.4 Å². The van der Waals surface area contributed by atoms with Crippen LogP contribution in [-0.4, -0.2) is 51.1 Å². The second kappa shape index (κ2) is 7.82. The van der Waals surface area contributed by atoms with Gasteiger partial charge in [0.15, 0.2) is 11.5 Å². The maximum Gasteiger partial charge on any atom is 0.278 e. The fraction of sp³-hybridized carbons (Fsp3) is 0.286. The van der Waals surface area contributed by atoms with Gasteiger partial charge in [0.1, 0.15) is 12.4 Å². The zero-order valence-electron chi connectivity index (χ0n) is 16.0. The summed E-state index contributed by atoms with van der Waals surface area (Å²) in [5, 5.41) is 0. The summed E-state index contributed by atoms with van der Waals surface area (Å²) in [6, 6.07) is 13.1. The van der Waals surface area contributed by atoms with E-state index in [9.17, 15) is 4.79 Å². The fourth-order valence-electron chi connectivity index (χ4n) is 3.21. The van der Waals surface area contributed by atoms with Crippen LogP contribution in [0.15, 0.2) is 47.3 Å². The van der Waals surface area contributed by atoms with E-state index >= 15 is 0 Å². The third kappa shape index (κ3) is 3.61. The molecule has 0 spiro atoms. The number of hydrogen-bond donors (Lipinski definition) is 2. The summed E-state index contributed by atoms with van der Waals surface area (Å²) in [4.78, 5) is 29.8. The lowest BCUT2D eigenvalue weighted by atomic mass is 10.3. The number of nitrogens with one attached hydrogen (secondary N) is 2. The van der Waals surface area contributed by atoms with Gasteiger partial charge in [-0.3, -0.25) is 4.79 Å². The van der Waals surface area contributed by atoms with Gasteiger partial charge in [0.05, 0.1) is 22.1 Å². The number of likely N-dealkylation sites (N-methyl/N-ethyl adjacent to an activating group) is 1. The summed E-state index contributed by atoms with van der Waals surface area (Å²) in [5.74, 6) is 1.22. The molecule has 7 heteroatoms. The normalized spacial score (nSPS) is 11.5. The van der Waals surface area contributed by atoms with Crippen LogP contribution in [-0.2, 0) is 0 Å². The number of rotatable bonds is 7. The van der Waals surface area contributed by atoms with E-state index in [2.05, 4.69) is 38.7 Å². The molecule has 2 aromatic carbocycles. The number of aromatic amines is 2. The van der Waals surface area contributed by atoms with Gasteiger partial charge in [0.2, 0.25) is 0 Å². The number of aromatic nitrogens is 4. The molecule has 0 saturated heterocycles. The molecule has 4 aromatic rings. The molecule has 2 N–H and O–H groups in total. The van der Waals surface area contributed by atoms with Crippen molar-refractivity contribution in [3.63, 3.8) is 0 Å². The Morgan fingerprint density at radius 1 is 0.964 bits per heavy atom. The van der Waals surface area contributed by atoms with E-state index in [0.29, 0.717) is 17.9 Å². The number of fused-ring (bicyclic) bond motifs is 2. The Morgan fingerprint density at radius 3 is 2.57 bits per heavy atom. The van der Waals surface area contributed by atoms with Crippen LogP contribution < -0.4 is 10.3 Å². The topological polar surface area (TPSA) is 86.9 Å². The predicted octanol–water partition coefficient (Wildman–Crippen LogP) is 3.19. The highest BCUT2D eigenvalue weighted by Gasteiger charge is 2.13. The van der Waals surface area contributed by atoms with Crippen molar-refractivity contribution >= 4 is 22.1 Å². The second-order valence-electron chi connectivity index (χ2n) is 6.57. The van der Waals surface area contributed by atoms with Crippen molar-refractivity contribution in [3.05, 3.63) is 52.8 Å². The Kier molecular flexibility index (Phi) is 5.08. The van der Waals surface area contributed by atoms with Crippen LogP contribution in [0.1, 0.15) is 13.8 Å². The first-order chi connectivity index (χ1) is 13.7. The molecule has 0 unspecified atom stereocenters. The van der Waals surface area contributed by atoms with Crippen LogP contribution in [0.2, 0.25) is 0 Å². The third-order valence-corrected chi connectivity index (χ3v) is 4.85. The predicted molar refractivity (Wildman–Crippen MR) is 111 cm³/mol. The molecule has 7 nitrogen and oxygen atoms in total. The molecule has 28 heavy (non-hydrogen) atoms. The summed E-state index contributed by atoms with van der Waals surface area (Å²) >= 11 is 0. The van der Waals surface area contributed by atoms with Crippen molar-refractivity contribution in [1.29, 1.82) is 0 Å². The Labute approximate surface area is 162 Å². The van der Waals surface area contributed by atoms with Crippen LogP contribution in [0, 0.1) is 0 Å². The van der Waals surface area contributed by atoms with Gasteiger partial charge in [0, 0.05) is 12.6 Å². The molecule has 0 atom stereocenters. The zero-order chi connectivity index (χ0) is 19.5. The maximum absolute atomic E-state index is 12.4. The van der Waals surface area contributed by atoms with E-state index < -0.39 is 0 Å². The van der Waals surface area contributed by atoms with Crippen molar-refractivity contribution in [2.24, 2.45) is 0 Å². The average molecular weight is 377 g/mol. The van der Waals surface area contributed by atoms with Crippen LogP contribution in [0.3, 0.4) is 0 Å². The van der Waals surface area contributed by atoms with Crippen molar-refractivity contribution in [2.75, 3.05) is 26.2 Å². The lowest BCUT2D eigenvalue weighted by molar-refractivity contribution is 0.223. The molecule has 2 aromatic heterocycles. The van der Waals surface area contributed by atoms with Gasteiger partial charge in [-0.1, -0.05) is 26.0 Å². The lowest BCUT2D eigenvalue weighted by Crippen LogP contribution is -2.27. The molecular weight excluding hydrogens is 354 g/mol. The summed E-state index contributed by atoms with van der Waals surface area (Å²) in [7, 11) is 0. The second-order valence-corrected chi connectivity index (χ2v) is 6.57. The van der Waals surface area contributed by atoms with Crippen molar-refractivity contribution in [2.45, 2.75) is 13.8 Å². The average Bonchev–Trinajstić information content (AvgIpc) is 3.14. The Bertz CT molecular complexity index is 1160. The van der Waals surface area contributed by atoms with Gasteiger partial charge < -0.3 is 19.6 Å². The first kappa shape index (κ1) is 18.2. The Hall–Kier alpha value is -3.19. The molecule has 0 radical (unpaired) electrons. The van der Waals surface area contributed by atoms with E-state index in [4.69, 9.17) is 4.74 Å². The molecule has 0 aliphatic rings. The zero-order valence-corrected chi connectivity index (χ0v) is 16.0. The highest BCUT2D eigenvalue weighted by Crippen LogP contribution is 2.22. The highest BCUT2D eigenvalue weighted by atomic mass is 16.5. The van der Waals surface area contributed by atoms with E-state index in [1.54, 1.807) is 0 Å². The summed E-state index contributed by atoms with van der Waals surface area (Å²) in [6.07, 6.45) is 0. The first-order valence-corrected chi connectivity index (χ1v) is 9.52. The first-order valence-electron chi connectivity index (χ1n) is 9.52. The van der Waals surface area contributed by atoms with E-state index in [0.717, 1.165) is 41.9 Å². The molecular formula is C21H23N5O2. The lowest BCUT2D eigenvalue weighted by Gasteiger charge is -2.17. The van der Waals surface area contributed by atoms with Crippen molar-refractivity contribution < 1.29 is 4.74 Å². The molecule has 0 saturated carbocycles. The maximum atomic E-state index is 12.4. The molecule has 0 amide bonds. The molecule has 2 heterocycles. The monoisotopic (exact) mass is 377 g/mol. The molecule has 0 bridgehead atoms. The van der Waals surface area contributed by atoms with E-state index in [1.165, 1.54) is 0 Å². The van der Waals surface area contributed by atoms with Crippen molar-refractivity contribution in [3.8, 4) is 17.3 Å². The number of imidazole rings is 1. The molecule has 0 aliphatic carbocycles. The third-order valence-electron chi connectivity index (χ3n) is 4.85. The van der Waals surface area contributed by atoms with Gasteiger partial charge in [0.25, 0.3) is 5.56 Å². The molecule has 4 rings (SSSR count). The molecule has 0 aliphatic heterocycles. The molecule has 0 fully saturated rings.